The molecule has 0 unspecified atom stereocenters. The molecule has 0 saturated carbocycles. The van der Waals surface area contributed by atoms with Crippen molar-refractivity contribution < 1.29 is 1.37 Å². The number of nitrogens with zero attached hydrogens (tertiary/aromatic N) is 1. The number of anilines is 1. The largest absolute Gasteiger partial charge is 0.397 e. The highest BCUT2D eigenvalue weighted by molar-refractivity contribution is 5.90. The fourth-order valence-electron chi connectivity index (χ4n) is 1.86. The van der Waals surface area contributed by atoms with Crippen LogP contribution in [0.5, 0.6) is 0 Å². The zero-order valence-corrected chi connectivity index (χ0v) is 9.22. The Morgan fingerprint density at radius 2 is 1.76 bits per heavy atom. The van der Waals surface area contributed by atoms with Gasteiger partial charge in [0.2, 0.25) is 0 Å². The van der Waals surface area contributed by atoms with Gasteiger partial charge in [-0.25, -0.2) is 4.98 Å². The lowest BCUT2D eigenvalue weighted by atomic mass is 10.1. The number of pyridine rings is 1. The van der Waals surface area contributed by atoms with Gasteiger partial charge in [-0.1, -0.05) is 48.5 Å². The Bertz CT molecular complexity index is 708. The molecule has 3 rings (SSSR count). The number of nitrogens with two attached hydrogens (primary N) is 1. The summed E-state index contributed by atoms with van der Waals surface area (Å²) in [6.45, 7) is 0. The van der Waals surface area contributed by atoms with Crippen molar-refractivity contribution in [1.29, 1.82) is 0 Å². The first-order valence-electron chi connectivity index (χ1n) is 5.97. The second-order valence-electron chi connectivity index (χ2n) is 3.90. The van der Waals surface area contributed by atoms with Crippen LogP contribution in [0.2, 0.25) is 0 Å². The number of para-hydroxylation sites is 1. The van der Waals surface area contributed by atoms with Crippen molar-refractivity contribution in [3.8, 4) is 11.3 Å². The molecule has 2 aromatic carbocycles. The third kappa shape index (κ3) is 1.74. The Morgan fingerprint density at radius 3 is 2.59 bits per heavy atom. The summed E-state index contributed by atoms with van der Waals surface area (Å²) in [7, 11) is 0. The van der Waals surface area contributed by atoms with Crippen molar-refractivity contribution in [3.63, 3.8) is 0 Å². The van der Waals surface area contributed by atoms with Crippen LogP contribution in [-0.2, 0) is 0 Å². The summed E-state index contributed by atoms with van der Waals surface area (Å²) >= 11 is 0. The maximum absolute atomic E-state index is 8.05. The van der Waals surface area contributed by atoms with Gasteiger partial charge in [-0.3, -0.25) is 0 Å². The molecule has 0 fully saturated rings. The monoisotopic (exact) mass is 221 g/mol. The Balaban J connectivity index is 2.31. The van der Waals surface area contributed by atoms with Gasteiger partial charge in [-0.2, -0.15) is 0 Å². The van der Waals surface area contributed by atoms with Crippen molar-refractivity contribution >= 4 is 16.6 Å². The number of nitrogen functional groups attached to an aromatic ring is 1. The first-order valence-corrected chi connectivity index (χ1v) is 5.47. The molecule has 17 heavy (non-hydrogen) atoms. The molecule has 0 aliphatic heterocycles. The summed E-state index contributed by atoms with van der Waals surface area (Å²) < 4.78 is 8.05. The van der Waals surface area contributed by atoms with Crippen LogP contribution in [0.4, 0.5) is 5.69 Å². The molecule has 2 heteroatoms. The average Bonchev–Trinajstić information content (AvgIpc) is 2.41. The lowest BCUT2D eigenvalue weighted by Gasteiger charge is -2.04. The molecule has 2 nitrogen and oxygen atoms in total. The third-order valence-corrected chi connectivity index (χ3v) is 2.73. The maximum atomic E-state index is 8.05. The molecule has 1 heterocycles. The molecule has 0 spiro atoms. The van der Waals surface area contributed by atoms with Crippen LogP contribution in [0.3, 0.4) is 0 Å². The fraction of sp³-hybridized carbons (Fsp3) is 0. The van der Waals surface area contributed by atoms with E-state index in [1.54, 1.807) is 6.07 Å². The molecule has 0 saturated heterocycles. The molecule has 0 bridgehead atoms. The van der Waals surface area contributed by atoms with Gasteiger partial charge in [-0.05, 0) is 12.1 Å². The normalized spacial score (nSPS) is 11.4. The summed E-state index contributed by atoms with van der Waals surface area (Å²) in [5.41, 5.74) is 9.01. The number of hydrogen-bond donors (Lipinski definition) is 1. The van der Waals surface area contributed by atoms with Crippen molar-refractivity contribution in [2.45, 2.75) is 0 Å². The van der Waals surface area contributed by atoms with Gasteiger partial charge in [-0.15, -0.1) is 0 Å². The van der Waals surface area contributed by atoms with Gasteiger partial charge in [0.05, 0.1) is 18.3 Å². The number of rotatable bonds is 1. The van der Waals surface area contributed by atoms with E-state index >= 15 is 0 Å². The van der Waals surface area contributed by atoms with Crippen molar-refractivity contribution in [2.24, 2.45) is 0 Å². The van der Waals surface area contributed by atoms with E-state index in [0.29, 0.717) is 17.2 Å². The molecule has 3 aromatic rings. The van der Waals surface area contributed by atoms with Crippen LogP contribution in [0.25, 0.3) is 22.2 Å². The molecule has 0 radical (unpaired) electrons. The van der Waals surface area contributed by atoms with E-state index in [1.807, 2.05) is 48.5 Å². The van der Waals surface area contributed by atoms with Crippen molar-refractivity contribution in [1.82, 2.24) is 4.98 Å². The van der Waals surface area contributed by atoms with Crippen LogP contribution in [0, 0.1) is 0 Å². The summed E-state index contributed by atoms with van der Waals surface area (Å²) in [6, 6.07) is 17.6. The molecule has 2 N–H and O–H groups in total. The second-order valence-corrected chi connectivity index (χ2v) is 3.90. The van der Waals surface area contributed by atoms with Gasteiger partial charge < -0.3 is 5.73 Å². The zero-order valence-electron chi connectivity index (χ0n) is 10.2. The topological polar surface area (TPSA) is 38.9 Å². The third-order valence-electron chi connectivity index (χ3n) is 2.73. The standard InChI is InChI=1S/C15H12N2/c16-13-8-4-7-12-9-10-14(17-15(12)13)11-5-2-1-3-6-11/h1-10H,16H2/i9D. The van der Waals surface area contributed by atoms with E-state index in [-0.39, 0.29) is 0 Å². The van der Waals surface area contributed by atoms with E-state index in [4.69, 9.17) is 7.10 Å². The van der Waals surface area contributed by atoms with Gasteiger partial charge in [0.1, 0.15) is 0 Å². The number of benzene rings is 2. The minimum atomic E-state index is 0.450. The molecule has 1 aromatic heterocycles. The Morgan fingerprint density at radius 1 is 0.941 bits per heavy atom. The van der Waals surface area contributed by atoms with Gasteiger partial charge in [0.15, 0.2) is 0 Å². The maximum Gasteiger partial charge on any atom is 0.0938 e. The summed E-state index contributed by atoms with van der Waals surface area (Å²) in [5.74, 6) is 0. The first kappa shape index (κ1) is 8.76. The van der Waals surface area contributed by atoms with Gasteiger partial charge >= 0.3 is 0 Å². The lowest BCUT2D eigenvalue weighted by molar-refractivity contribution is 1.40. The van der Waals surface area contributed by atoms with E-state index in [9.17, 15) is 0 Å². The van der Waals surface area contributed by atoms with Crippen molar-refractivity contribution in [2.75, 3.05) is 5.73 Å². The van der Waals surface area contributed by atoms with E-state index in [2.05, 4.69) is 4.98 Å². The van der Waals surface area contributed by atoms with E-state index in [1.165, 1.54) is 0 Å². The lowest BCUT2D eigenvalue weighted by Crippen LogP contribution is -1.91. The molecule has 82 valence electrons. The quantitative estimate of drug-likeness (QED) is 0.639. The smallest absolute Gasteiger partial charge is 0.0938 e. The second kappa shape index (κ2) is 3.91. The number of aromatic nitrogens is 1. The highest BCUT2D eigenvalue weighted by Crippen LogP contribution is 2.23. The minimum Gasteiger partial charge on any atom is -0.397 e. The zero-order chi connectivity index (χ0) is 12.5. The molecular formula is C15H12N2. The minimum absolute atomic E-state index is 0.450. The van der Waals surface area contributed by atoms with E-state index in [0.717, 1.165) is 16.6 Å². The predicted molar refractivity (Wildman–Crippen MR) is 71.6 cm³/mol. The molecule has 0 amide bonds. The average molecular weight is 221 g/mol. The van der Waals surface area contributed by atoms with Crippen LogP contribution in [-0.4, -0.2) is 4.98 Å². The number of hydrogen-bond acceptors (Lipinski definition) is 2. The highest BCUT2D eigenvalue weighted by Gasteiger charge is 2.02. The fourth-order valence-corrected chi connectivity index (χ4v) is 1.86. The Hall–Kier alpha value is -2.35. The van der Waals surface area contributed by atoms with E-state index < -0.39 is 0 Å². The first-order chi connectivity index (χ1) is 8.75. The SMILES string of the molecule is [2H]c1cc(-c2ccccc2)nc2c(N)cccc12. The van der Waals surface area contributed by atoms with Crippen LogP contribution in [0.1, 0.15) is 1.37 Å². The Labute approximate surface area is 101 Å². The van der Waals surface area contributed by atoms with Crippen LogP contribution in [0.15, 0.2) is 60.6 Å². The van der Waals surface area contributed by atoms with Gasteiger partial charge in [0.25, 0.3) is 0 Å². The summed E-state index contributed by atoms with van der Waals surface area (Å²) in [4.78, 5) is 4.56. The molecule has 0 aliphatic carbocycles. The molecule has 0 aliphatic rings. The van der Waals surface area contributed by atoms with Crippen LogP contribution < -0.4 is 5.73 Å². The summed E-state index contributed by atoms with van der Waals surface area (Å²) in [6.07, 6.45) is 0. The number of fused-ring (bicyclic) bond motifs is 1. The summed E-state index contributed by atoms with van der Waals surface area (Å²) in [5, 5.41) is 0.787. The highest BCUT2D eigenvalue weighted by atomic mass is 14.7. The predicted octanol–water partition coefficient (Wildman–Crippen LogP) is 3.48. The molecular weight excluding hydrogens is 208 g/mol. The Kier molecular flexibility index (Phi) is 2.01. The van der Waals surface area contributed by atoms with Gasteiger partial charge in [0, 0.05) is 10.9 Å². The molecule has 0 atom stereocenters. The van der Waals surface area contributed by atoms with Crippen molar-refractivity contribution in [3.05, 3.63) is 60.6 Å². The van der Waals surface area contributed by atoms with Crippen LogP contribution >= 0.6 is 0 Å².